The summed E-state index contributed by atoms with van der Waals surface area (Å²) in [5, 5.41) is 15.4. The molecule has 10 rings (SSSR count). The third kappa shape index (κ3) is 4.03. The SMILES string of the molecule is c1cc(-c2c3ccccc3c(-c3cccc4ccccc34)c3ccccc23)cc(-c2cc3ccc4ccccc4c3c3ccccc23)c1. The van der Waals surface area contributed by atoms with Gasteiger partial charge in [0.2, 0.25) is 0 Å². The van der Waals surface area contributed by atoms with E-state index in [1.54, 1.807) is 0 Å². The van der Waals surface area contributed by atoms with Crippen LogP contribution in [-0.4, -0.2) is 0 Å². The van der Waals surface area contributed by atoms with Gasteiger partial charge in [-0.1, -0.05) is 170 Å². The summed E-state index contributed by atoms with van der Waals surface area (Å²) in [7, 11) is 0. The smallest absolute Gasteiger partial charge is 0.00201 e. The fourth-order valence-corrected chi connectivity index (χ4v) is 8.13. The molecular formula is C48H30. The van der Waals surface area contributed by atoms with Crippen molar-refractivity contribution in [1.29, 1.82) is 0 Å². The lowest BCUT2D eigenvalue weighted by Crippen LogP contribution is -1.92. The fourth-order valence-electron chi connectivity index (χ4n) is 8.13. The molecule has 0 atom stereocenters. The van der Waals surface area contributed by atoms with E-state index in [0.29, 0.717) is 0 Å². The summed E-state index contributed by atoms with van der Waals surface area (Å²) in [5.74, 6) is 0. The molecule has 0 heterocycles. The van der Waals surface area contributed by atoms with Gasteiger partial charge >= 0.3 is 0 Å². The predicted molar refractivity (Wildman–Crippen MR) is 208 cm³/mol. The first-order chi connectivity index (χ1) is 23.8. The maximum Gasteiger partial charge on any atom is -0.00201 e. The van der Waals surface area contributed by atoms with Crippen LogP contribution in [0.25, 0.3) is 98.0 Å². The molecule has 222 valence electrons. The van der Waals surface area contributed by atoms with Gasteiger partial charge in [-0.15, -0.1) is 0 Å². The topological polar surface area (TPSA) is 0 Å². The largest absolute Gasteiger partial charge is 0.0616 e. The Balaban J connectivity index is 1.25. The van der Waals surface area contributed by atoms with Gasteiger partial charge in [0, 0.05) is 0 Å². The Morgan fingerprint density at radius 3 is 1.42 bits per heavy atom. The van der Waals surface area contributed by atoms with Crippen molar-refractivity contribution in [3.63, 3.8) is 0 Å². The molecule has 0 radical (unpaired) electrons. The molecule has 0 aliphatic rings. The highest BCUT2D eigenvalue weighted by Crippen LogP contribution is 2.46. The molecule has 0 amide bonds. The van der Waals surface area contributed by atoms with Crippen molar-refractivity contribution in [2.45, 2.75) is 0 Å². The van der Waals surface area contributed by atoms with Crippen LogP contribution in [0.3, 0.4) is 0 Å². The Kier molecular flexibility index (Phi) is 5.98. The molecule has 0 aliphatic heterocycles. The van der Waals surface area contributed by atoms with Crippen LogP contribution in [0.1, 0.15) is 0 Å². The third-order valence-electron chi connectivity index (χ3n) is 10.2. The molecule has 0 aromatic heterocycles. The average molecular weight is 607 g/mol. The first-order valence-electron chi connectivity index (χ1n) is 16.7. The van der Waals surface area contributed by atoms with Gasteiger partial charge in [0.25, 0.3) is 0 Å². The Morgan fingerprint density at radius 2 is 0.708 bits per heavy atom. The minimum absolute atomic E-state index is 1.23. The van der Waals surface area contributed by atoms with Gasteiger partial charge in [-0.05, 0) is 110 Å². The number of benzene rings is 10. The summed E-state index contributed by atoms with van der Waals surface area (Å²) in [6, 6.07) is 67.1. The van der Waals surface area contributed by atoms with Crippen molar-refractivity contribution in [1.82, 2.24) is 0 Å². The second kappa shape index (κ2) is 10.7. The second-order valence-electron chi connectivity index (χ2n) is 12.8. The van der Waals surface area contributed by atoms with E-state index in [4.69, 9.17) is 0 Å². The maximum atomic E-state index is 2.40. The van der Waals surface area contributed by atoms with Crippen LogP contribution < -0.4 is 0 Å². The number of fused-ring (bicyclic) bond motifs is 8. The Bertz CT molecular complexity index is 2830. The molecule has 0 aliphatic carbocycles. The zero-order chi connectivity index (χ0) is 31.6. The Labute approximate surface area is 279 Å². The lowest BCUT2D eigenvalue weighted by Gasteiger charge is -2.19. The molecule has 0 nitrogen and oxygen atoms in total. The Hall–Kier alpha value is -6.24. The van der Waals surface area contributed by atoms with Crippen LogP contribution in [0.15, 0.2) is 182 Å². The third-order valence-corrected chi connectivity index (χ3v) is 10.2. The lowest BCUT2D eigenvalue weighted by atomic mass is 9.84. The van der Waals surface area contributed by atoms with E-state index in [-0.39, 0.29) is 0 Å². The van der Waals surface area contributed by atoms with Crippen LogP contribution >= 0.6 is 0 Å². The van der Waals surface area contributed by atoms with Crippen LogP contribution in [0, 0.1) is 0 Å². The van der Waals surface area contributed by atoms with Gasteiger partial charge in [-0.3, -0.25) is 0 Å². The van der Waals surface area contributed by atoms with E-state index in [2.05, 4.69) is 182 Å². The van der Waals surface area contributed by atoms with E-state index in [0.717, 1.165) is 0 Å². The van der Waals surface area contributed by atoms with E-state index in [1.807, 2.05) is 0 Å². The van der Waals surface area contributed by atoms with E-state index in [9.17, 15) is 0 Å². The average Bonchev–Trinajstić information content (AvgIpc) is 3.16. The standard InChI is InChI=1S/C48H30/c1-3-18-36-31(13-1)15-12-26-39(36)48-43-24-9-7-22-41(43)47(42-23-8-10-25-44(42)48)34-17-11-16-33(29-34)45-30-35-28-27-32-14-2-4-19-37(32)46(35)40-21-6-5-20-38(40)45/h1-30H. The quantitative estimate of drug-likeness (QED) is 0.139. The van der Waals surface area contributed by atoms with Crippen molar-refractivity contribution >= 4 is 64.6 Å². The molecule has 0 fully saturated rings. The predicted octanol–water partition coefficient (Wildman–Crippen LogP) is 13.6. The molecule has 48 heavy (non-hydrogen) atoms. The minimum Gasteiger partial charge on any atom is -0.0616 e. The molecule has 0 bridgehead atoms. The van der Waals surface area contributed by atoms with Gasteiger partial charge in [-0.25, -0.2) is 0 Å². The fraction of sp³-hybridized carbons (Fsp3) is 0. The van der Waals surface area contributed by atoms with Gasteiger partial charge in [-0.2, -0.15) is 0 Å². The monoisotopic (exact) mass is 606 g/mol. The van der Waals surface area contributed by atoms with Gasteiger partial charge in [0.1, 0.15) is 0 Å². The van der Waals surface area contributed by atoms with Crippen molar-refractivity contribution in [2.75, 3.05) is 0 Å². The van der Waals surface area contributed by atoms with Crippen LogP contribution in [0.4, 0.5) is 0 Å². The van der Waals surface area contributed by atoms with Gasteiger partial charge in [0.05, 0.1) is 0 Å². The molecule has 10 aromatic carbocycles. The van der Waals surface area contributed by atoms with Crippen LogP contribution in [0.5, 0.6) is 0 Å². The number of hydrogen-bond acceptors (Lipinski definition) is 0. The molecule has 0 saturated carbocycles. The maximum absolute atomic E-state index is 2.40. The van der Waals surface area contributed by atoms with Crippen molar-refractivity contribution in [2.24, 2.45) is 0 Å². The molecule has 0 N–H and O–H groups in total. The molecule has 0 heteroatoms. The minimum atomic E-state index is 1.23. The van der Waals surface area contributed by atoms with Crippen molar-refractivity contribution in [3.05, 3.63) is 182 Å². The summed E-state index contributed by atoms with van der Waals surface area (Å²) in [6.45, 7) is 0. The lowest BCUT2D eigenvalue weighted by molar-refractivity contribution is 1.64. The van der Waals surface area contributed by atoms with Gasteiger partial charge < -0.3 is 0 Å². The molecule has 0 spiro atoms. The highest BCUT2D eigenvalue weighted by molar-refractivity contribution is 6.25. The second-order valence-corrected chi connectivity index (χ2v) is 12.8. The van der Waals surface area contributed by atoms with Crippen LogP contribution in [0.2, 0.25) is 0 Å². The summed E-state index contributed by atoms with van der Waals surface area (Å²) in [5.41, 5.74) is 7.57. The first kappa shape index (κ1) is 26.9. The van der Waals surface area contributed by atoms with Gasteiger partial charge in [0.15, 0.2) is 0 Å². The molecule has 10 aromatic rings. The summed E-state index contributed by atoms with van der Waals surface area (Å²) < 4.78 is 0. The number of rotatable bonds is 3. The van der Waals surface area contributed by atoms with Crippen molar-refractivity contribution < 1.29 is 0 Å². The highest BCUT2D eigenvalue weighted by atomic mass is 14.2. The molecule has 0 unspecified atom stereocenters. The zero-order valence-electron chi connectivity index (χ0n) is 26.3. The van der Waals surface area contributed by atoms with E-state index < -0.39 is 0 Å². The Morgan fingerprint density at radius 1 is 0.229 bits per heavy atom. The van der Waals surface area contributed by atoms with E-state index >= 15 is 0 Å². The number of hydrogen-bond donors (Lipinski definition) is 0. The van der Waals surface area contributed by atoms with Crippen LogP contribution in [-0.2, 0) is 0 Å². The normalized spacial score (nSPS) is 11.8. The highest BCUT2D eigenvalue weighted by Gasteiger charge is 2.19. The zero-order valence-corrected chi connectivity index (χ0v) is 26.3. The molecule has 0 saturated heterocycles. The summed E-state index contributed by atoms with van der Waals surface area (Å²) in [6.07, 6.45) is 0. The molecular weight excluding hydrogens is 577 g/mol. The van der Waals surface area contributed by atoms with E-state index in [1.165, 1.54) is 98.0 Å². The summed E-state index contributed by atoms with van der Waals surface area (Å²) >= 11 is 0. The van der Waals surface area contributed by atoms with Crippen molar-refractivity contribution in [3.8, 4) is 33.4 Å². The summed E-state index contributed by atoms with van der Waals surface area (Å²) in [4.78, 5) is 0. The first-order valence-corrected chi connectivity index (χ1v) is 16.7.